The van der Waals surface area contributed by atoms with Gasteiger partial charge in [0.2, 0.25) is 0 Å². The van der Waals surface area contributed by atoms with E-state index in [0.29, 0.717) is 5.92 Å². The molecule has 0 radical (unpaired) electrons. The number of benzene rings is 2. The maximum atomic E-state index is 6.02. The SMILES string of the molecule is Cc1cc2cc(Cc3ccccc3)cc(C3CCOCC3)c2o1. The minimum Gasteiger partial charge on any atom is -0.461 e. The molecule has 0 atom stereocenters. The molecule has 1 aliphatic rings. The second-order valence-corrected chi connectivity index (χ2v) is 6.51. The van der Waals surface area contributed by atoms with Crippen LogP contribution in [0.2, 0.25) is 0 Å². The lowest BCUT2D eigenvalue weighted by Gasteiger charge is -2.23. The van der Waals surface area contributed by atoms with Gasteiger partial charge in [0.1, 0.15) is 11.3 Å². The second-order valence-electron chi connectivity index (χ2n) is 6.51. The maximum Gasteiger partial charge on any atom is 0.137 e. The Kier molecular flexibility index (Phi) is 3.92. The summed E-state index contributed by atoms with van der Waals surface area (Å²) in [7, 11) is 0. The molecule has 1 saturated heterocycles. The number of rotatable bonds is 3. The van der Waals surface area contributed by atoms with Gasteiger partial charge in [0, 0.05) is 18.6 Å². The van der Waals surface area contributed by atoms with Crippen LogP contribution in [0.4, 0.5) is 0 Å². The summed E-state index contributed by atoms with van der Waals surface area (Å²) in [4.78, 5) is 0. The van der Waals surface area contributed by atoms with Gasteiger partial charge in [0.05, 0.1) is 0 Å². The zero-order valence-electron chi connectivity index (χ0n) is 13.5. The van der Waals surface area contributed by atoms with Crippen LogP contribution in [0.25, 0.3) is 11.0 Å². The molecular weight excluding hydrogens is 284 g/mol. The molecule has 0 bridgehead atoms. The van der Waals surface area contributed by atoms with Gasteiger partial charge in [0.15, 0.2) is 0 Å². The summed E-state index contributed by atoms with van der Waals surface area (Å²) in [5, 5.41) is 1.23. The summed E-state index contributed by atoms with van der Waals surface area (Å²) >= 11 is 0. The van der Waals surface area contributed by atoms with E-state index in [-0.39, 0.29) is 0 Å². The van der Waals surface area contributed by atoms with Crippen molar-refractivity contribution in [3.63, 3.8) is 0 Å². The summed E-state index contributed by atoms with van der Waals surface area (Å²) in [5.41, 5.74) is 5.16. The summed E-state index contributed by atoms with van der Waals surface area (Å²) in [6.45, 7) is 3.74. The van der Waals surface area contributed by atoms with E-state index in [2.05, 4.69) is 48.5 Å². The monoisotopic (exact) mass is 306 g/mol. The molecule has 2 heteroatoms. The third-order valence-electron chi connectivity index (χ3n) is 4.74. The summed E-state index contributed by atoms with van der Waals surface area (Å²) in [6, 6.07) is 17.5. The molecule has 2 heterocycles. The standard InChI is InChI=1S/C21H22O2/c1-15-11-19-13-17(12-16-5-3-2-4-6-16)14-20(21(19)23-15)18-7-9-22-10-8-18/h2-6,11,13-14,18H,7-10,12H2,1H3. The van der Waals surface area contributed by atoms with E-state index in [1.807, 2.05) is 6.92 Å². The lowest BCUT2D eigenvalue weighted by Crippen LogP contribution is -2.14. The van der Waals surface area contributed by atoms with Crippen molar-refractivity contribution in [3.05, 3.63) is 71.0 Å². The Morgan fingerprint density at radius 2 is 1.74 bits per heavy atom. The van der Waals surface area contributed by atoms with Crippen LogP contribution in [-0.4, -0.2) is 13.2 Å². The van der Waals surface area contributed by atoms with Crippen LogP contribution in [0.1, 0.15) is 41.2 Å². The first-order valence-electron chi connectivity index (χ1n) is 8.44. The van der Waals surface area contributed by atoms with Crippen molar-refractivity contribution in [2.24, 2.45) is 0 Å². The second kappa shape index (κ2) is 6.21. The fourth-order valence-corrected chi connectivity index (χ4v) is 3.62. The zero-order chi connectivity index (χ0) is 15.6. The molecule has 2 nitrogen and oxygen atoms in total. The zero-order valence-corrected chi connectivity index (χ0v) is 13.5. The van der Waals surface area contributed by atoms with Gasteiger partial charge in [-0.05, 0) is 60.9 Å². The number of hydrogen-bond acceptors (Lipinski definition) is 2. The Balaban J connectivity index is 1.76. The van der Waals surface area contributed by atoms with E-state index in [9.17, 15) is 0 Å². The van der Waals surface area contributed by atoms with Crippen LogP contribution in [0.5, 0.6) is 0 Å². The van der Waals surface area contributed by atoms with Gasteiger partial charge in [-0.25, -0.2) is 0 Å². The number of aryl methyl sites for hydroxylation is 1. The number of ether oxygens (including phenoxy) is 1. The highest BCUT2D eigenvalue weighted by atomic mass is 16.5. The predicted molar refractivity (Wildman–Crippen MR) is 93.0 cm³/mol. The van der Waals surface area contributed by atoms with Gasteiger partial charge < -0.3 is 9.15 Å². The van der Waals surface area contributed by atoms with E-state index in [4.69, 9.17) is 9.15 Å². The molecule has 23 heavy (non-hydrogen) atoms. The number of hydrogen-bond donors (Lipinski definition) is 0. The Hall–Kier alpha value is -2.06. The lowest BCUT2D eigenvalue weighted by atomic mass is 9.88. The number of furan rings is 1. The topological polar surface area (TPSA) is 22.4 Å². The fraction of sp³-hybridized carbons (Fsp3) is 0.333. The maximum absolute atomic E-state index is 6.02. The molecule has 2 aromatic carbocycles. The smallest absolute Gasteiger partial charge is 0.137 e. The van der Waals surface area contributed by atoms with Crippen LogP contribution in [0.15, 0.2) is 52.9 Å². The molecule has 0 aliphatic carbocycles. The molecule has 1 aliphatic heterocycles. The average Bonchev–Trinajstić information content (AvgIpc) is 2.96. The first-order chi connectivity index (χ1) is 11.3. The molecule has 0 spiro atoms. The van der Waals surface area contributed by atoms with Crippen molar-refractivity contribution in [1.82, 2.24) is 0 Å². The summed E-state index contributed by atoms with van der Waals surface area (Å²) < 4.78 is 11.6. The van der Waals surface area contributed by atoms with E-state index in [0.717, 1.165) is 43.8 Å². The summed E-state index contributed by atoms with van der Waals surface area (Å²) in [6.07, 6.45) is 3.14. The fourth-order valence-electron chi connectivity index (χ4n) is 3.62. The first-order valence-corrected chi connectivity index (χ1v) is 8.44. The van der Waals surface area contributed by atoms with E-state index >= 15 is 0 Å². The van der Waals surface area contributed by atoms with Gasteiger partial charge in [0.25, 0.3) is 0 Å². The molecule has 0 N–H and O–H groups in total. The third kappa shape index (κ3) is 3.04. The summed E-state index contributed by atoms with van der Waals surface area (Å²) in [5.74, 6) is 1.54. The highest BCUT2D eigenvalue weighted by Gasteiger charge is 2.21. The van der Waals surface area contributed by atoms with E-state index in [1.54, 1.807) is 0 Å². The first kappa shape index (κ1) is 14.5. The minimum atomic E-state index is 0.549. The van der Waals surface area contributed by atoms with Gasteiger partial charge >= 0.3 is 0 Å². The van der Waals surface area contributed by atoms with Crippen LogP contribution >= 0.6 is 0 Å². The highest BCUT2D eigenvalue weighted by molar-refractivity contribution is 5.82. The van der Waals surface area contributed by atoms with Crippen molar-refractivity contribution >= 4 is 11.0 Å². The van der Waals surface area contributed by atoms with Crippen LogP contribution in [0.3, 0.4) is 0 Å². The van der Waals surface area contributed by atoms with Crippen molar-refractivity contribution in [1.29, 1.82) is 0 Å². The predicted octanol–water partition coefficient (Wildman–Crippen LogP) is 5.23. The molecule has 1 aromatic heterocycles. The van der Waals surface area contributed by atoms with Crippen molar-refractivity contribution in [2.75, 3.05) is 13.2 Å². The van der Waals surface area contributed by atoms with Crippen molar-refractivity contribution in [3.8, 4) is 0 Å². The Bertz CT molecular complexity index is 795. The average molecular weight is 306 g/mol. The largest absolute Gasteiger partial charge is 0.461 e. The number of fused-ring (bicyclic) bond motifs is 1. The Labute approximate surface area is 137 Å². The molecule has 3 aromatic rings. The highest BCUT2D eigenvalue weighted by Crippen LogP contribution is 2.35. The minimum absolute atomic E-state index is 0.549. The quantitative estimate of drug-likeness (QED) is 0.661. The van der Waals surface area contributed by atoms with Crippen LogP contribution < -0.4 is 0 Å². The van der Waals surface area contributed by atoms with Crippen LogP contribution in [-0.2, 0) is 11.2 Å². The van der Waals surface area contributed by atoms with Gasteiger partial charge in [-0.2, -0.15) is 0 Å². The Morgan fingerprint density at radius 3 is 2.52 bits per heavy atom. The van der Waals surface area contributed by atoms with Crippen molar-refractivity contribution < 1.29 is 9.15 Å². The Morgan fingerprint density at radius 1 is 0.957 bits per heavy atom. The molecular formula is C21H22O2. The van der Waals surface area contributed by atoms with Crippen LogP contribution in [0, 0.1) is 6.92 Å². The molecule has 4 rings (SSSR count). The van der Waals surface area contributed by atoms with Crippen molar-refractivity contribution in [2.45, 2.75) is 32.1 Å². The van der Waals surface area contributed by atoms with E-state index < -0.39 is 0 Å². The normalized spacial score (nSPS) is 16.0. The molecule has 0 amide bonds. The molecule has 0 unspecified atom stereocenters. The molecule has 1 fully saturated rings. The van der Waals surface area contributed by atoms with Gasteiger partial charge in [-0.15, -0.1) is 0 Å². The third-order valence-corrected chi connectivity index (χ3v) is 4.74. The van der Waals surface area contributed by atoms with Gasteiger partial charge in [-0.1, -0.05) is 36.4 Å². The van der Waals surface area contributed by atoms with Gasteiger partial charge in [-0.3, -0.25) is 0 Å². The molecule has 0 saturated carbocycles. The van der Waals surface area contributed by atoms with E-state index in [1.165, 1.54) is 22.1 Å². The lowest BCUT2D eigenvalue weighted by molar-refractivity contribution is 0.0854. The molecule has 118 valence electrons.